The lowest BCUT2D eigenvalue weighted by Crippen LogP contribution is -2.43. The van der Waals surface area contributed by atoms with Crippen LogP contribution in [0.25, 0.3) is 0 Å². The standard InChI is InChI=1S/C30H36ClN3O5/c1-4-8-21(5-2)32-27-12-6-9-22(33-27)17-18-39-23-15-13-20(14-16-23)19-25(30(37)38-3)34-29(36)28-24(31)10-7-11-26(28)35/h6-7,9-16,21,25,35H,4-5,8,17-19H2,1-3H3,(H,32,33)(H,34,36). The maximum absolute atomic E-state index is 12.7. The lowest BCUT2D eigenvalue weighted by Gasteiger charge is -2.18. The van der Waals surface area contributed by atoms with Crippen LogP contribution in [-0.2, 0) is 22.4 Å². The number of halogens is 1. The van der Waals surface area contributed by atoms with E-state index in [9.17, 15) is 14.7 Å². The van der Waals surface area contributed by atoms with Gasteiger partial charge in [-0.15, -0.1) is 0 Å². The number of hydrogen-bond donors (Lipinski definition) is 3. The molecular weight excluding hydrogens is 518 g/mol. The number of hydrogen-bond acceptors (Lipinski definition) is 7. The van der Waals surface area contributed by atoms with Gasteiger partial charge in [-0.2, -0.15) is 0 Å². The molecule has 0 saturated carbocycles. The molecule has 3 N–H and O–H groups in total. The number of nitrogens with one attached hydrogen (secondary N) is 2. The number of ether oxygens (including phenoxy) is 2. The maximum atomic E-state index is 12.7. The molecular formula is C30H36ClN3O5. The highest BCUT2D eigenvalue weighted by Crippen LogP contribution is 2.25. The maximum Gasteiger partial charge on any atom is 0.328 e. The average molecular weight is 554 g/mol. The zero-order chi connectivity index (χ0) is 28.2. The van der Waals surface area contributed by atoms with Gasteiger partial charge in [-0.1, -0.05) is 56.1 Å². The molecule has 0 aliphatic rings. The van der Waals surface area contributed by atoms with Crippen molar-refractivity contribution in [2.45, 2.75) is 58.0 Å². The van der Waals surface area contributed by atoms with Gasteiger partial charge in [0.25, 0.3) is 5.91 Å². The number of pyridine rings is 1. The van der Waals surface area contributed by atoms with E-state index in [4.69, 9.17) is 26.1 Å². The average Bonchev–Trinajstić information content (AvgIpc) is 2.93. The number of amides is 1. The van der Waals surface area contributed by atoms with Crippen LogP contribution in [0.2, 0.25) is 5.02 Å². The predicted octanol–water partition coefficient (Wildman–Crippen LogP) is 5.57. The molecule has 0 aliphatic heterocycles. The summed E-state index contributed by atoms with van der Waals surface area (Å²) < 4.78 is 10.8. The first-order valence-corrected chi connectivity index (χ1v) is 13.5. The van der Waals surface area contributed by atoms with Gasteiger partial charge >= 0.3 is 5.97 Å². The molecule has 0 radical (unpaired) electrons. The van der Waals surface area contributed by atoms with Gasteiger partial charge < -0.3 is 25.2 Å². The Kier molecular flexibility index (Phi) is 11.4. The number of aromatic hydroxyl groups is 1. The lowest BCUT2D eigenvalue weighted by molar-refractivity contribution is -0.142. The van der Waals surface area contributed by atoms with E-state index >= 15 is 0 Å². The van der Waals surface area contributed by atoms with Crippen LogP contribution < -0.4 is 15.4 Å². The minimum absolute atomic E-state index is 0.0810. The van der Waals surface area contributed by atoms with E-state index in [1.165, 1.54) is 25.3 Å². The number of phenolic OH excluding ortho intramolecular Hbond substituents is 1. The number of methoxy groups -OCH3 is 1. The van der Waals surface area contributed by atoms with E-state index in [0.717, 1.165) is 36.3 Å². The second kappa shape index (κ2) is 15.0. The normalized spacial score (nSPS) is 12.3. The van der Waals surface area contributed by atoms with Crippen LogP contribution in [0.3, 0.4) is 0 Å². The smallest absolute Gasteiger partial charge is 0.328 e. The van der Waals surface area contributed by atoms with Crippen molar-refractivity contribution in [2.75, 3.05) is 19.0 Å². The molecule has 208 valence electrons. The minimum atomic E-state index is -0.971. The quantitative estimate of drug-likeness (QED) is 0.224. The highest BCUT2D eigenvalue weighted by Gasteiger charge is 2.25. The number of benzene rings is 2. The van der Waals surface area contributed by atoms with Crippen molar-refractivity contribution in [1.29, 1.82) is 0 Å². The summed E-state index contributed by atoms with van der Waals surface area (Å²) in [4.78, 5) is 29.8. The molecule has 3 aromatic rings. The number of aromatic nitrogens is 1. The molecule has 0 bridgehead atoms. The van der Waals surface area contributed by atoms with E-state index in [0.29, 0.717) is 24.8 Å². The molecule has 3 rings (SSSR count). The zero-order valence-electron chi connectivity index (χ0n) is 22.6. The van der Waals surface area contributed by atoms with Crippen LogP contribution >= 0.6 is 11.6 Å². The van der Waals surface area contributed by atoms with Gasteiger partial charge in [0.15, 0.2) is 0 Å². The fourth-order valence-corrected chi connectivity index (χ4v) is 4.42. The SMILES string of the molecule is CCCC(CC)Nc1cccc(CCOc2ccc(CC(NC(=O)c3c(O)cccc3Cl)C(=O)OC)cc2)n1. The fraction of sp³-hybridized carbons (Fsp3) is 0.367. The third-order valence-electron chi connectivity index (χ3n) is 6.29. The molecule has 0 spiro atoms. The monoisotopic (exact) mass is 553 g/mol. The van der Waals surface area contributed by atoms with Gasteiger partial charge in [0.2, 0.25) is 0 Å². The van der Waals surface area contributed by atoms with E-state index in [-0.39, 0.29) is 22.8 Å². The molecule has 1 amide bonds. The van der Waals surface area contributed by atoms with Crippen molar-refractivity contribution in [3.05, 3.63) is 82.5 Å². The first-order chi connectivity index (χ1) is 18.8. The van der Waals surface area contributed by atoms with Crippen molar-refractivity contribution in [1.82, 2.24) is 10.3 Å². The molecule has 1 aromatic heterocycles. The summed E-state index contributed by atoms with van der Waals surface area (Å²) in [6.07, 6.45) is 4.14. The molecule has 0 aliphatic carbocycles. The Labute approximate surface area is 234 Å². The van der Waals surface area contributed by atoms with Crippen molar-refractivity contribution in [3.63, 3.8) is 0 Å². The summed E-state index contributed by atoms with van der Waals surface area (Å²) in [6.45, 7) is 4.82. The lowest BCUT2D eigenvalue weighted by atomic mass is 10.0. The summed E-state index contributed by atoms with van der Waals surface area (Å²) in [5.41, 5.74) is 1.64. The van der Waals surface area contributed by atoms with Gasteiger partial charge in [-0.25, -0.2) is 9.78 Å². The molecule has 9 heteroatoms. The highest BCUT2D eigenvalue weighted by molar-refractivity contribution is 6.34. The van der Waals surface area contributed by atoms with E-state index in [2.05, 4.69) is 24.5 Å². The number of anilines is 1. The summed E-state index contributed by atoms with van der Waals surface area (Å²) in [6, 6.07) is 17.1. The van der Waals surface area contributed by atoms with Crippen LogP contribution in [-0.4, -0.2) is 47.8 Å². The van der Waals surface area contributed by atoms with E-state index < -0.39 is 17.9 Å². The number of rotatable bonds is 14. The fourth-order valence-electron chi connectivity index (χ4n) is 4.17. The van der Waals surface area contributed by atoms with Gasteiger partial charge in [0.1, 0.15) is 23.4 Å². The summed E-state index contributed by atoms with van der Waals surface area (Å²) in [7, 11) is 1.25. The van der Waals surface area contributed by atoms with Crippen LogP contribution in [0, 0.1) is 0 Å². The zero-order valence-corrected chi connectivity index (χ0v) is 23.3. The van der Waals surface area contributed by atoms with Crippen molar-refractivity contribution < 1.29 is 24.2 Å². The number of nitrogens with zero attached hydrogens (tertiary/aromatic N) is 1. The number of esters is 1. The van der Waals surface area contributed by atoms with Crippen LogP contribution in [0.15, 0.2) is 60.7 Å². The molecule has 2 unspecified atom stereocenters. The molecule has 39 heavy (non-hydrogen) atoms. The van der Waals surface area contributed by atoms with Crippen LogP contribution in [0.5, 0.6) is 11.5 Å². The minimum Gasteiger partial charge on any atom is -0.507 e. The molecule has 0 saturated heterocycles. The Morgan fingerprint density at radius 3 is 2.46 bits per heavy atom. The first kappa shape index (κ1) is 29.8. The van der Waals surface area contributed by atoms with E-state index in [1.54, 1.807) is 0 Å². The number of phenols is 1. The summed E-state index contributed by atoms with van der Waals surface area (Å²) in [5, 5.41) is 16.2. The summed E-state index contributed by atoms with van der Waals surface area (Å²) in [5.74, 6) is 0.0112. The van der Waals surface area contributed by atoms with Gasteiger partial charge in [0, 0.05) is 24.6 Å². The second-order valence-electron chi connectivity index (χ2n) is 9.18. The van der Waals surface area contributed by atoms with Gasteiger partial charge in [-0.05, 0) is 54.8 Å². The molecule has 2 atom stereocenters. The second-order valence-corrected chi connectivity index (χ2v) is 9.59. The molecule has 0 fully saturated rings. The van der Waals surface area contributed by atoms with Crippen molar-refractivity contribution >= 4 is 29.3 Å². The number of carbonyl (C=O) groups excluding carboxylic acids is 2. The Bertz CT molecular complexity index is 1220. The topological polar surface area (TPSA) is 110 Å². The molecule has 2 aromatic carbocycles. The Morgan fingerprint density at radius 2 is 1.79 bits per heavy atom. The predicted molar refractivity (Wildman–Crippen MR) is 153 cm³/mol. The Balaban J connectivity index is 1.56. The third-order valence-corrected chi connectivity index (χ3v) is 6.60. The van der Waals surface area contributed by atoms with Crippen LogP contribution in [0.4, 0.5) is 5.82 Å². The molecule has 1 heterocycles. The summed E-state index contributed by atoms with van der Waals surface area (Å²) >= 11 is 6.07. The highest BCUT2D eigenvalue weighted by atomic mass is 35.5. The van der Waals surface area contributed by atoms with E-state index in [1.807, 2.05) is 42.5 Å². The largest absolute Gasteiger partial charge is 0.507 e. The first-order valence-electron chi connectivity index (χ1n) is 13.1. The third kappa shape index (κ3) is 8.89. The van der Waals surface area contributed by atoms with Crippen molar-refractivity contribution in [2.24, 2.45) is 0 Å². The van der Waals surface area contributed by atoms with Gasteiger partial charge in [-0.3, -0.25) is 4.79 Å². The Morgan fingerprint density at radius 1 is 1.05 bits per heavy atom. The Hall–Kier alpha value is -3.78. The van der Waals surface area contributed by atoms with Crippen molar-refractivity contribution in [3.8, 4) is 11.5 Å². The van der Waals surface area contributed by atoms with Gasteiger partial charge in [0.05, 0.1) is 24.3 Å². The van der Waals surface area contributed by atoms with Crippen LogP contribution in [0.1, 0.15) is 54.7 Å². The molecule has 8 nitrogen and oxygen atoms in total. The number of carbonyl (C=O) groups is 2.